The van der Waals surface area contributed by atoms with E-state index in [-0.39, 0.29) is 16.7 Å². The Balaban J connectivity index is 2.56. The van der Waals surface area contributed by atoms with Crippen LogP contribution in [0.25, 0.3) is 11.3 Å². The molecule has 0 aliphatic heterocycles. The van der Waals surface area contributed by atoms with Gasteiger partial charge in [-0.25, -0.2) is 9.97 Å². The van der Waals surface area contributed by atoms with Gasteiger partial charge in [-0.1, -0.05) is 19.1 Å². The van der Waals surface area contributed by atoms with Crippen molar-refractivity contribution in [1.29, 1.82) is 0 Å². The van der Waals surface area contributed by atoms with Crippen molar-refractivity contribution in [2.45, 2.75) is 13.3 Å². The average Bonchev–Trinajstić information content (AvgIpc) is 2.45. The zero-order valence-electron chi connectivity index (χ0n) is 10.7. The van der Waals surface area contributed by atoms with Crippen LogP contribution in [0.4, 0.5) is 5.69 Å². The summed E-state index contributed by atoms with van der Waals surface area (Å²) in [6.07, 6.45) is 1.93. The van der Waals surface area contributed by atoms with Crippen LogP contribution < -0.4 is 4.74 Å². The molecule has 0 radical (unpaired) electrons. The maximum Gasteiger partial charge on any atom is 0.313 e. The van der Waals surface area contributed by atoms with Crippen LogP contribution in [0.1, 0.15) is 13.3 Å². The monoisotopic (exact) mass is 293 g/mol. The fraction of sp³-hybridized carbons (Fsp3) is 0.231. The summed E-state index contributed by atoms with van der Waals surface area (Å²) in [7, 11) is 0. The molecule has 2 rings (SSSR count). The Kier molecular flexibility index (Phi) is 4.47. The number of halogens is 1. The van der Waals surface area contributed by atoms with Gasteiger partial charge in [-0.05, 0) is 30.2 Å². The summed E-state index contributed by atoms with van der Waals surface area (Å²) >= 11 is 5.74. The van der Waals surface area contributed by atoms with Crippen LogP contribution in [0.3, 0.4) is 0 Å². The maximum atomic E-state index is 11.1. The standard InChI is InChI=1S/C13H12ClN3O3/c1-2-7-20-11-6-4-3-5-9(11)12-10(17(18)19)8-15-13(14)16-12/h3-6,8H,2,7H2,1H3. The number of ether oxygens (including phenoxy) is 1. The van der Waals surface area contributed by atoms with E-state index in [9.17, 15) is 10.1 Å². The smallest absolute Gasteiger partial charge is 0.313 e. The van der Waals surface area contributed by atoms with Crippen molar-refractivity contribution in [3.05, 3.63) is 45.9 Å². The first-order valence-electron chi connectivity index (χ1n) is 6.02. The van der Waals surface area contributed by atoms with Gasteiger partial charge in [0.15, 0.2) is 5.69 Å². The van der Waals surface area contributed by atoms with E-state index in [4.69, 9.17) is 16.3 Å². The van der Waals surface area contributed by atoms with Gasteiger partial charge >= 0.3 is 5.69 Å². The first kappa shape index (κ1) is 14.2. The van der Waals surface area contributed by atoms with Crippen molar-refractivity contribution in [3.63, 3.8) is 0 Å². The summed E-state index contributed by atoms with van der Waals surface area (Å²) < 4.78 is 5.59. The van der Waals surface area contributed by atoms with E-state index in [0.717, 1.165) is 12.6 Å². The van der Waals surface area contributed by atoms with E-state index in [2.05, 4.69) is 9.97 Å². The van der Waals surface area contributed by atoms with Gasteiger partial charge in [0.2, 0.25) is 5.28 Å². The number of hydrogen-bond donors (Lipinski definition) is 0. The molecule has 2 aromatic rings. The molecule has 0 saturated carbocycles. The van der Waals surface area contributed by atoms with Crippen LogP contribution in [0.15, 0.2) is 30.5 Å². The molecule has 1 aromatic carbocycles. The largest absolute Gasteiger partial charge is 0.493 e. The number of benzene rings is 1. The lowest BCUT2D eigenvalue weighted by atomic mass is 10.1. The highest BCUT2D eigenvalue weighted by Gasteiger charge is 2.21. The van der Waals surface area contributed by atoms with Gasteiger partial charge in [-0.15, -0.1) is 0 Å². The Hall–Kier alpha value is -2.21. The van der Waals surface area contributed by atoms with Crippen molar-refractivity contribution < 1.29 is 9.66 Å². The number of aromatic nitrogens is 2. The van der Waals surface area contributed by atoms with E-state index < -0.39 is 4.92 Å². The lowest BCUT2D eigenvalue weighted by Crippen LogP contribution is -2.01. The third-order valence-electron chi connectivity index (χ3n) is 2.54. The molecule has 7 heteroatoms. The van der Waals surface area contributed by atoms with Crippen molar-refractivity contribution in [1.82, 2.24) is 9.97 Å². The molecule has 0 fully saturated rings. The molecule has 0 amide bonds. The maximum absolute atomic E-state index is 11.1. The minimum absolute atomic E-state index is 0.0455. The zero-order valence-corrected chi connectivity index (χ0v) is 11.5. The summed E-state index contributed by atoms with van der Waals surface area (Å²) in [6, 6.07) is 7.00. The van der Waals surface area contributed by atoms with Crippen LogP contribution in [-0.4, -0.2) is 21.5 Å². The highest BCUT2D eigenvalue weighted by Crippen LogP contribution is 2.34. The van der Waals surface area contributed by atoms with E-state index in [1.54, 1.807) is 24.3 Å². The van der Waals surface area contributed by atoms with Crippen LogP contribution in [0.5, 0.6) is 5.75 Å². The minimum Gasteiger partial charge on any atom is -0.493 e. The predicted molar refractivity (Wildman–Crippen MR) is 74.9 cm³/mol. The second-order valence-electron chi connectivity index (χ2n) is 3.97. The van der Waals surface area contributed by atoms with Crippen LogP contribution >= 0.6 is 11.6 Å². The van der Waals surface area contributed by atoms with Crippen molar-refractivity contribution in [3.8, 4) is 17.0 Å². The molecule has 0 aliphatic carbocycles. The fourth-order valence-corrected chi connectivity index (χ4v) is 1.82. The predicted octanol–water partition coefficient (Wildman–Crippen LogP) is 3.49. The summed E-state index contributed by atoms with van der Waals surface area (Å²) in [5.74, 6) is 0.534. The molecule has 0 bridgehead atoms. The molecule has 1 aromatic heterocycles. The topological polar surface area (TPSA) is 78.2 Å². The van der Waals surface area contributed by atoms with E-state index in [1.165, 1.54) is 0 Å². The molecule has 0 atom stereocenters. The number of rotatable bonds is 5. The zero-order chi connectivity index (χ0) is 14.5. The molecule has 20 heavy (non-hydrogen) atoms. The second kappa shape index (κ2) is 6.29. The van der Waals surface area contributed by atoms with Gasteiger partial charge in [-0.3, -0.25) is 10.1 Å². The molecule has 6 nitrogen and oxygen atoms in total. The minimum atomic E-state index is -0.539. The summed E-state index contributed by atoms with van der Waals surface area (Å²) in [5, 5.41) is 11.0. The number of nitrogens with zero attached hydrogens (tertiary/aromatic N) is 3. The molecule has 104 valence electrons. The van der Waals surface area contributed by atoms with E-state index >= 15 is 0 Å². The van der Waals surface area contributed by atoms with Crippen molar-refractivity contribution >= 4 is 17.3 Å². The molecule has 0 unspecified atom stereocenters. The van der Waals surface area contributed by atoms with E-state index in [1.807, 2.05) is 6.92 Å². The van der Waals surface area contributed by atoms with Gasteiger partial charge < -0.3 is 4.74 Å². The van der Waals surface area contributed by atoms with Gasteiger partial charge in [0, 0.05) is 5.56 Å². The Morgan fingerprint density at radius 1 is 1.40 bits per heavy atom. The Morgan fingerprint density at radius 3 is 2.85 bits per heavy atom. The quantitative estimate of drug-likeness (QED) is 0.479. The highest BCUT2D eigenvalue weighted by molar-refractivity contribution is 6.28. The van der Waals surface area contributed by atoms with Gasteiger partial charge in [0.25, 0.3) is 0 Å². The van der Waals surface area contributed by atoms with Crippen molar-refractivity contribution in [2.75, 3.05) is 6.61 Å². The summed E-state index contributed by atoms with van der Waals surface area (Å²) in [5.41, 5.74) is 0.473. The Labute approximate surface area is 120 Å². The Morgan fingerprint density at radius 2 is 2.15 bits per heavy atom. The third kappa shape index (κ3) is 3.03. The molecule has 0 saturated heterocycles. The lowest BCUT2D eigenvalue weighted by Gasteiger charge is -2.10. The molecular weight excluding hydrogens is 282 g/mol. The van der Waals surface area contributed by atoms with Crippen LogP contribution in [0.2, 0.25) is 5.28 Å². The molecule has 0 aliphatic rings. The fourth-order valence-electron chi connectivity index (χ4n) is 1.69. The summed E-state index contributed by atoms with van der Waals surface area (Å²) in [6.45, 7) is 2.50. The van der Waals surface area contributed by atoms with Crippen LogP contribution in [0, 0.1) is 10.1 Å². The van der Waals surface area contributed by atoms with Crippen LogP contribution in [-0.2, 0) is 0 Å². The molecule has 1 heterocycles. The normalized spacial score (nSPS) is 10.3. The third-order valence-corrected chi connectivity index (χ3v) is 2.72. The first-order chi connectivity index (χ1) is 9.63. The lowest BCUT2D eigenvalue weighted by molar-refractivity contribution is -0.384. The number of para-hydroxylation sites is 1. The van der Waals surface area contributed by atoms with Gasteiger partial charge in [0.1, 0.15) is 11.9 Å². The van der Waals surface area contributed by atoms with E-state index in [0.29, 0.717) is 17.9 Å². The van der Waals surface area contributed by atoms with Crippen molar-refractivity contribution in [2.24, 2.45) is 0 Å². The highest BCUT2D eigenvalue weighted by atomic mass is 35.5. The molecule has 0 spiro atoms. The first-order valence-corrected chi connectivity index (χ1v) is 6.40. The van der Waals surface area contributed by atoms with Gasteiger partial charge in [-0.2, -0.15) is 0 Å². The Bertz CT molecular complexity index is 634. The SMILES string of the molecule is CCCOc1ccccc1-c1nc(Cl)ncc1[N+](=O)[O-]. The second-order valence-corrected chi connectivity index (χ2v) is 4.31. The molecule has 0 N–H and O–H groups in total. The average molecular weight is 294 g/mol. The summed E-state index contributed by atoms with van der Waals surface area (Å²) in [4.78, 5) is 18.2. The number of nitro groups is 1. The number of hydrogen-bond acceptors (Lipinski definition) is 5. The molecular formula is C13H12ClN3O3. The van der Waals surface area contributed by atoms with Gasteiger partial charge in [0.05, 0.1) is 11.5 Å².